The van der Waals surface area contributed by atoms with E-state index in [1.54, 1.807) is 30.3 Å². The second-order valence-corrected chi connectivity index (χ2v) is 7.33. The number of nitrogens with zero attached hydrogens (tertiary/aromatic N) is 3. The minimum absolute atomic E-state index is 0.0328. The Hall–Kier alpha value is -3.53. The van der Waals surface area contributed by atoms with Gasteiger partial charge in [0.1, 0.15) is 17.1 Å². The van der Waals surface area contributed by atoms with Crippen LogP contribution in [-0.2, 0) is 12.1 Å². The molecule has 166 valence electrons. The average molecular weight is 447 g/mol. The van der Waals surface area contributed by atoms with Crippen molar-refractivity contribution in [3.05, 3.63) is 82.2 Å². The summed E-state index contributed by atoms with van der Waals surface area (Å²) in [6.07, 6.45) is -4.47. The van der Waals surface area contributed by atoms with Crippen molar-refractivity contribution in [2.75, 3.05) is 0 Å². The van der Waals surface area contributed by atoms with Crippen LogP contribution in [0.15, 0.2) is 63.9 Å². The lowest BCUT2D eigenvalue weighted by Gasteiger charge is -2.26. The average Bonchev–Trinajstić information content (AvgIpc) is 3.21. The Morgan fingerprint density at radius 2 is 1.81 bits per heavy atom. The highest BCUT2D eigenvalue weighted by Crippen LogP contribution is 2.40. The van der Waals surface area contributed by atoms with Crippen LogP contribution in [0, 0.1) is 5.82 Å². The number of fused-ring (bicyclic) bond motifs is 1. The number of aliphatic hydroxyl groups is 1. The van der Waals surface area contributed by atoms with E-state index in [-0.39, 0.29) is 12.1 Å². The second kappa shape index (κ2) is 7.86. The van der Waals surface area contributed by atoms with Gasteiger partial charge in [-0.1, -0.05) is 36.4 Å². The number of halogens is 4. The van der Waals surface area contributed by atoms with Gasteiger partial charge in [-0.2, -0.15) is 13.2 Å². The molecule has 2 heterocycles. The smallest absolute Gasteiger partial charge is 0.423 e. The van der Waals surface area contributed by atoms with Gasteiger partial charge in [-0.15, -0.1) is 5.10 Å². The number of alkyl halides is 3. The molecule has 0 aliphatic heterocycles. The van der Waals surface area contributed by atoms with Gasteiger partial charge >= 0.3 is 11.8 Å². The first-order valence-electron chi connectivity index (χ1n) is 9.63. The lowest BCUT2D eigenvalue weighted by molar-refractivity contribution is -0.269. The maximum atomic E-state index is 13.2. The van der Waals surface area contributed by atoms with E-state index in [9.17, 15) is 27.5 Å². The van der Waals surface area contributed by atoms with Crippen molar-refractivity contribution in [2.24, 2.45) is 0 Å². The molecule has 1 atom stereocenters. The molecule has 10 heteroatoms. The molecule has 0 amide bonds. The van der Waals surface area contributed by atoms with Crippen molar-refractivity contribution in [2.45, 2.75) is 31.7 Å². The van der Waals surface area contributed by atoms with Crippen molar-refractivity contribution in [1.29, 1.82) is 0 Å². The maximum absolute atomic E-state index is 13.2. The van der Waals surface area contributed by atoms with Crippen molar-refractivity contribution in [1.82, 2.24) is 15.0 Å². The number of hydrogen-bond acceptors (Lipinski definition) is 5. The molecule has 0 aliphatic carbocycles. The lowest BCUT2D eigenvalue weighted by atomic mass is 9.96. The summed E-state index contributed by atoms with van der Waals surface area (Å²) in [5.41, 5.74) is -2.26. The van der Waals surface area contributed by atoms with E-state index in [0.29, 0.717) is 22.1 Å². The van der Waals surface area contributed by atoms with Crippen LogP contribution >= 0.6 is 0 Å². The summed E-state index contributed by atoms with van der Waals surface area (Å²) in [4.78, 5) is 12.1. The summed E-state index contributed by atoms with van der Waals surface area (Å²) in [5, 5.41) is 17.8. The Bertz CT molecular complexity index is 1330. The largest absolute Gasteiger partial charge is 0.423 e. The highest BCUT2D eigenvalue weighted by Gasteiger charge is 2.55. The Labute approximate surface area is 178 Å². The zero-order valence-electron chi connectivity index (χ0n) is 16.7. The first kappa shape index (κ1) is 21.7. The molecule has 2 aromatic carbocycles. The molecule has 0 spiro atoms. The molecule has 4 rings (SSSR count). The zero-order valence-corrected chi connectivity index (χ0v) is 16.7. The van der Waals surface area contributed by atoms with Gasteiger partial charge < -0.3 is 9.52 Å². The van der Waals surface area contributed by atoms with Gasteiger partial charge in [0, 0.05) is 11.5 Å². The fourth-order valence-electron chi connectivity index (χ4n) is 3.45. The van der Waals surface area contributed by atoms with Gasteiger partial charge in [0.2, 0.25) is 5.60 Å². The summed E-state index contributed by atoms with van der Waals surface area (Å²) >= 11 is 0. The molecule has 4 aromatic rings. The third-order valence-corrected chi connectivity index (χ3v) is 5.25. The van der Waals surface area contributed by atoms with E-state index in [4.69, 9.17) is 4.42 Å². The van der Waals surface area contributed by atoms with Crippen molar-refractivity contribution < 1.29 is 27.1 Å². The van der Waals surface area contributed by atoms with Crippen LogP contribution in [0.5, 0.6) is 0 Å². The van der Waals surface area contributed by atoms with E-state index in [0.717, 1.165) is 10.9 Å². The van der Waals surface area contributed by atoms with E-state index in [1.807, 2.05) is 0 Å². The monoisotopic (exact) mass is 447 g/mol. The summed E-state index contributed by atoms with van der Waals surface area (Å²) in [7, 11) is 0. The van der Waals surface area contributed by atoms with Crippen LogP contribution in [-0.4, -0.2) is 26.3 Å². The van der Waals surface area contributed by atoms with Crippen molar-refractivity contribution in [3.8, 4) is 11.1 Å². The summed E-state index contributed by atoms with van der Waals surface area (Å²) in [6, 6.07) is 11.9. The van der Waals surface area contributed by atoms with Crippen LogP contribution in [0.4, 0.5) is 17.6 Å². The molecule has 0 saturated carbocycles. The van der Waals surface area contributed by atoms with Crippen LogP contribution in [0.1, 0.15) is 24.6 Å². The highest BCUT2D eigenvalue weighted by molar-refractivity contribution is 5.93. The van der Waals surface area contributed by atoms with Gasteiger partial charge in [0.25, 0.3) is 0 Å². The maximum Gasteiger partial charge on any atom is 0.423 e. The first-order valence-corrected chi connectivity index (χ1v) is 9.63. The Morgan fingerprint density at radius 1 is 1.09 bits per heavy atom. The zero-order chi connectivity index (χ0) is 23.1. The predicted octanol–water partition coefficient (Wildman–Crippen LogP) is 4.40. The molecule has 0 fully saturated rings. The molecule has 0 radical (unpaired) electrons. The molecule has 2 aromatic heterocycles. The normalized spacial score (nSPS) is 13.9. The van der Waals surface area contributed by atoms with E-state index < -0.39 is 35.3 Å². The molecule has 1 N–H and O–H groups in total. The van der Waals surface area contributed by atoms with Gasteiger partial charge in [-0.3, -0.25) is 0 Å². The van der Waals surface area contributed by atoms with Crippen molar-refractivity contribution in [3.63, 3.8) is 0 Å². The molecule has 0 saturated heterocycles. The summed E-state index contributed by atoms with van der Waals surface area (Å²) in [5.74, 6) is -0.406. The van der Waals surface area contributed by atoms with Crippen LogP contribution in [0.25, 0.3) is 22.1 Å². The fourth-order valence-corrected chi connectivity index (χ4v) is 3.45. The highest BCUT2D eigenvalue weighted by atomic mass is 19.4. The lowest BCUT2D eigenvalue weighted by Crippen LogP contribution is -2.42. The molecular formula is C22H17F4N3O3. The minimum Gasteiger partial charge on any atom is -0.423 e. The molecule has 0 aliphatic rings. The number of hydrogen-bond donors (Lipinski definition) is 1. The summed E-state index contributed by atoms with van der Waals surface area (Å²) in [6.45, 7) is 1.24. The van der Waals surface area contributed by atoms with E-state index >= 15 is 0 Å². The molecule has 0 bridgehead atoms. The van der Waals surface area contributed by atoms with Gasteiger partial charge in [0.15, 0.2) is 0 Å². The number of benzene rings is 2. The number of rotatable bonds is 5. The van der Waals surface area contributed by atoms with Gasteiger partial charge in [-0.05, 0) is 41.3 Å². The Morgan fingerprint density at radius 3 is 2.47 bits per heavy atom. The Balaban J connectivity index is 1.68. The SMILES string of the molecule is CCC(O)(c1cn(Cc2ccc3c(-c4ccc(F)cc4)cc(=O)oc3c2)nn1)C(F)(F)F. The molecule has 6 nitrogen and oxygen atoms in total. The quantitative estimate of drug-likeness (QED) is 0.362. The molecule has 32 heavy (non-hydrogen) atoms. The third kappa shape index (κ3) is 3.89. The standard InChI is InChI=1S/C22H17F4N3O3/c1-2-21(31,22(24,25)26)19-12-29(28-27-19)11-13-3-8-16-17(10-20(30)32-18(16)9-13)14-4-6-15(23)7-5-14/h3-10,12,31H,2,11H2,1H3. The van der Waals surface area contributed by atoms with Crippen LogP contribution in [0.2, 0.25) is 0 Å². The first-order chi connectivity index (χ1) is 15.1. The predicted molar refractivity (Wildman–Crippen MR) is 107 cm³/mol. The Kier molecular flexibility index (Phi) is 5.33. The van der Waals surface area contributed by atoms with Gasteiger partial charge in [0.05, 0.1) is 12.7 Å². The molecule has 1 unspecified atom stereocenters. The van der Waals surface area contributed by atoms with E-state index in [2.05, 4.69) is 10.3 Å². The molecular weight excluding hydrogens is 430 g/mol. The topological polar surface area (TPSA) is 81.2 Å². The summed E-state index contributed by atoms with van der Waals surface area (Å²) < 4.78 is 59.4. The van der Waals surface area contributed by atoms with Gasteiger partial charge in [-0.25, -0.2) is 13.9 Å². The van der Waals surface area contributed by atoms with Crippen molar-refractivity contribution >= 4 is 11.0 Å². The third-order valence-electron chi connectivity index (χ3n) is 5.25. The fraction of sp³-hybridized carbons (Fsp3) is 0.227. The number of aromatic nitrogens is 3. The minimum atomic E-state index is -4.90. The second-order valence-electron chi connectivity index (χ2n) is 7.33. The van der Waals surface area contributed by atoms with Crippen LogP contribution in [0.3, 0.4) is 0 Å². The van der Waals surface area contributed by atoms with E-state index in [1.165, 1.54) is 25.1 Å². The van der Waals surface area contributed by atoms with Crippen LogP contribution < -0.4 is 5.63 Å².